The number of aryl methyl sites for hydroxylation is 1. The first kappa shape index (κ1) is 21.0. The Hall–Kier alpha value is -2.27. The smallest absolute Gasteiger partial charge is 0.435 e. The molecule has 4 rings (SSSR count). The van der Waals surface area contributed by atoms with Crippen LogP contribution < -0.4 is 9.47 Å². The van der Waals surface area contributed by atoms with Crippen LogP contribution in [0, 0.1) is 0 Å². The minimum atomic E-state index is -4.60. The molecule has 11 heteroatoms. The summed E-state index contributed by atoms with van der Waals surface area (Å²) in [7, 11) is -2.58. The maximum atomic E-state index is 13.5. The lowest BCUT2D eigenvalue weighted by Crippen LogP contribution is -2.35. The van der Waals surface area contributed by atoms with Gasteiger partial charge in [0.05, 0.1) is 16.6 Å². The van der Waals surface area contributed by atoms with Crippen LogP contribution in [0.3, 0.4) is 0 Å². The number of ether oxygens (including phenoxy) is 2. The van der Waals surface area contributed by atoms with Gasteiger partial charge >= 0.3 is 6.18 Å². The summed E-state index contributed by atoms with van der Waals surface area (Å²) in [5.41, 5.74) is -0.800. The van der Waals surface area contributed by atoms with Crippen LogP contribution in [0.25, 0.3) is 0 Å². The van der Waals surface area contributed by atoms with Crippen molar-refractivity contribution in [2.75, 3.05) is 19.8 Å². The maximum absolute atomic E-state index is 13.5. The highest BCUT2D eigenvalue weighted by molar-refractivity contribution is 7.89. The van der Waals surface area contributed by atoms with Crippen LogP contribution in [0.15, 0.2) is 29.2 Å². The summed E-state index contributed by atoms with van der Waals surface area (Å²) < 4.78 is 79.8. The fourth-order valence-corrected chi connectivity index (χ4v) is 5.60. The third-order valence-corrected chi connectivity index (χ3v) is 7.28. The van der Waals surface area contributed by atoms with E-state index >= 15 is 0 Å². The number of sulfonamides is 1. The zero-order valence-corrected chi connectivity index (χ0v) is 17.2. The predicted octanol–water partition coefficient (Wildman–Crippen LogP) is 3.52. The first-order chi connectivity index (χ1) is 14.2. The van der Waals surface area contributed by atoms with Crippen molar-refractivity contribution >= 4 is 10.0 Å². The van der Waals surface area contributed by atoms with Crippen LogP contribution in [0.4, 0.5) is 13.2 Å². The fourth-order valence-electron chi connectivity index (χ4n) is 3.92. The van der Waals surface area contributed by atoms with Gasteiger partial charge in [-0.2, -0.15) is 22.6 Å². The van der Waals surface area contributed by atoms with Gasteiger partial charge < -0.3 is 9.47 Å². The van der Waals surface area contributed by atoms with Crippen molar-refractivity contribution in [1.82, 2.24) is 14.1 Å². The summed E-state index contributed by atoms with van der Waals surface area (Å²) in [5, 5.41) is 3.57. The van der Waals surface area contributed by atoms with E-state index in [4.69, 9.17) is 9.47 Å². The van der Waals surface area contributed by atoms with Gasteiger partial charge in [0.2, 0.25) is 10.0 Å². The Morgan fingerprint density at radius 3 is 2.50 bits per heavy atom. The number of nitrogens with zero attached hydrogens (tertiary/aromatic N) is 3. The average molecular weight is 445 g/mol. The molecule has 1 saturated heterocycles. The summed E-state index contributed by atoms with van der Waals surface area (Å²) in [6, 6.07) is 4.60. The molecule has 1 aromatic heterocycles. The normalized spacial score (nSPS) is 20.7. The van der Waals surface area contributed by atoms with Gasteiger partial charge in [-0.05, 0) is 31.0 Å². The molecule has 0 N–H and O–H groups in total. The molecular formula is C19H22F3N3O4S. The molecule has 7 nitrogen and oxygen atoms in total. The van der Waals surface area contributed by atoms with E-state index in [1.165, 1.54) is 23.5 Å². The number of hydrogen-bond acceptors (Lipinski definition) is 5. The number of halogens is 3. The van der Waals surface area contributed by atoms with Gasteiger partial charge in [-0.1, -0.05) is 12.8 Å². The second-order valence-electron chi connectivity index (χ2n) is 7.36. The molecule has 0 spiro atoms. The standard InChI is InChI=1S/C19H22F3N3O4S/c1-24-15(12-18(23-24)19(20,21)22)14-5-3-2-4-8-25(14)30(26,27)13-6-7-16-17(11-13)29-10-9-28-16/h6-7,11-12,14H,2-5,8-10H2,1H3. The number of hydrogen-bond donors (Lipinski definition) is 0. The largest absolute Gasteiger partial charge is 0.486 e. The van der Waals surface area contributed by atoms with Crippen LogP contribution in [-0.2, 0) is 23.2 Å². The molecule has 1 fully saturated rings. The topological polar surface area (TPSA) is 73.7 Å². The molecule has 1 atom stereocenters. The van der Waals surface area contributed by atoms with Crippen molar-refractivity contribution in [2.24, 2.45) is 7.05 Å². The summed E-state index contributed by atoms with van der Waals surface area (Å²) >= 11 is 0. The first-order valence-corrected chi connectivity index (χ1v) is 11.1. The van der Waals surface area contributed by atoms with Crippen molar-refractivity contribution < 1.29 is 31.1 Å². The van der Waals surface area contributed by atoms with E-state index in [2.05, 4.69) is 5.10 Å². The highest BCUT2D eigenvalue weighted by atomic mass is 32.2. The summed E-state index contributed by atoms with van der Waals surface area (Å²) in [6.07, 6.45) is -2.04. The third kappa shape index (κ3) is 3.87. The van der Waals surface area contributed by atoms with Crippen molar-refractivity contribution in [3.05, 3.63) is 35.7 Å². The van der Waals surface area contributed by atoms with Crippen molar-refractivity contribution in [1.29, 1.82) is 0 Å². The number of fused-ring (bicyclic) bond motifs is 1. The third-order valence-electron chi connectivity index (χ3n) is 5.37. The molecule has 3 heterocycles. The molecule has 2 aliphatic heterocycles. The second-order valence-corrected chi connectivity index (χ2v) is 9.25. The molecule has 2 aliphatic rings. The molecule has 1 aromatic carbocycles. The first-order valence-electron chi connectivity index (χ1n) is 9.70. The molecule has 0 aliphatic carbocycles. The molecule has 164 valence electrons. The van der Waals surface area contributed by atoms with Crippen LogP contribution in [0.2, 0.25) is 0 Å². The molecule has 30 heavy (non-hydrogen) atoms. The highest BCUT2D eigenvalue weighted by Gasteiger charge is 2.39. The van der Waals surface area contributed by atoms with Gasteiger partial charge in [0.25, 0.3) is 0 Å². The van der Waals surface area contributed by atoms with E-state index in [-0.39, 0.29) is 17.1 Å². The predicted molar refractivity (Wildman–Crippen MR) is 101 cm³/mol. The Morgan fingerprint density at radius 2 is 1.80 bits per heavy atom. The minimum absolute atomic E-state index is 0.0249. The van der Waals surface area contributed by atoms with E-state index in [1.54, 1.807) is 6.07 Å². The van der Waals surface area contributed by atoms with E-state index in [1.807, 2.05) is 0 Å². The van der Waals surface area contributed by atoms with Crippen molar-refractivity contribution in [3.8, 4) is 11.5 Å². The Balaban J connectivity index is 1.74. The molecule has 0 amide bonds. The second kappa shape index (κ2) is 7.77. The Kier molecular flexibility index (Phi) is 5.43. The van der Waals surface area contributed by atoms with Crippen LogP contribution >= 0.6 is 0 Å². The van der Waals surface area contributed by atoms with Gasteiger partial charge in [-0.25, -0.2) is 8.42 Å². The van der Waals surface area contributed by atoms with Crippen LogP contribution in [-0.4, -0.2) is 42.3 Å². The molecule has 0 radical (unpaired) electrons. The quantitative estimate of drug-likeness (QED) is 0.723. The molecule has 2 aromatic rings. The number of benzene rings is 1. The van der Waals surface area contributed by atoms with Gasteiger partial charge in [-0.15, -0.1) is 0 Å². The SMILES string of the molecule is Cn1nc(C(F)(F)F)cc1C1CCCCCN1S(=O)(=O)c1ccc2c(c1)OCCO2. The lowest BCUT2D eigenvalue weighted by atomic mass is 10.1. The van der Waals surface area contributed by atoms with E-state index in [9.17, 15) is 21.6 Å². The lowest BCUT2D eigenvalue weighted by molar-refractivity contribution is -0.141. The Morgan fingerprint density at radius 1 is 1.07 bits per heavy atom. The highest BCUT2D eigenvalue weighted by Crippen LogP contribution is 2.39. The zero-order chi connectivity index (χ0) is 21.5. The Labute approximate surface area is 172 Å². The van der Waals surface area contributed by atoms with E-state index < -0.39 is 27.9 Å². The number of aromatic nitrogens is 2. The summed E-state index contributed by atoms with van der Waals surface area (Å²) in [4.78, 5) is 0.0249. The number of rotatable bonds is 3. The molecule has 0 bridgehead atoms. The molecule has 0 saturated carbocycles. The maximum Gasteiger partial charge on any atom is 0.435 e. The van der Waals surface area contributed by atoms with Crippen LogP contribution in [0.1, 0.15) is 43.1 Å². The van der Waals surface area contributed by atoms with Gasteiger partial charge in [0.1, 0.15) is 13.2 Å². The Bertz CT molecular complexity index is 1040. The van der Waals surface area contributed by atoms with Gasteiger partial charge in [0.15, 0.2) is 17.2 Å². The molecular weight excluding hydrogens is 423 g/mol. The van der Waals surface area contributed by atoms with Gasteiger partial charge in [0, 0.05) is 19.7 Å². The van der Waals surface area contributed by atoms with Crippen LogP contribution in [0.5, 0.6) is 11.5 Å². The monoisotopic (exact) mass is 445 g/mol. The zero-order valence-electron chi connectivity index (χ0n) is 16.4. The lowest BCUT2D eigenvalue weighted by Gasteiger charge is -2.29. The number of alkyl halides is 3. The van der Waals surface area contributed by atoms with E-state index in [0.717, 1.165) is 17.2 Å². The fraction of sp³-hybridized carbons (Fsp3) is 0.526. The van der Waals surface area contributed by atoms with Crippen molar-refractivity contribution in [2.45, 2.75) is 42.8 Å². The minimum Gasteiger partial charge on any atom is -0.486 e. The van der Waals surface area contributed by atoms with Crippen molar-refractivity contribution in [3.63, 3.8) is 0 Å². The van der Waals surface area contributed by atoms with E-state index in [0.29, 0.717) is 44.0 Å². The molecule has 1 unspecified atom stereocenters. The summed E-state index contributed by atoms with van der Waals surface area (Å²) in [6.45, 7) is 0.918. The summed E-state index contributed by atoms with van der Waals surface area (Å²) in [5.74, 6) is 0.808. The van der Waals surface area contributed by atoms with Gasteiger partial charge in [-0.3, -0.25) is 4.68 Å². The average Bonchev–Trinajstić information content (AvgIpc) is 2.94.